The highest BCUT2D eigenvalue weighted by atomic mass is 19.2. The molecule has 0 saturated carbocycles. The molecule has 0 bridgehead atoms. The zero-order valence-electron chi connectivity index (χ0n) is 11.1. The summed E-state index contributed by atoms with van der Waals surface area (Å²) in [5.41, 5.74) is -0.202. The van der Waals surface area contributed by atoms with Crippen molar-refractivity contribution in [1.82, 2.24) is 4.98 Å². The third-order valence-electron chi connectivity index (χ3n) is 3.05. The number of hydrogen-bond donors (Lipinski definition) is 1. The lowest BCUT2D eigenvalue weighted by Gasteiger charge is -2.17. The van der Waals surface area contributed by atoms with E-state index in [0.29, 0.717) is 11.1 Å². The van der Waals surface area contributed by atoms with Crippen LogP contribution in [-0.2, 0) is 0 Å². The Kier molecular flexibility index (Phi) is 4.11. The lowest BCUT2D eigenvalue weighted by atomic mass is 10.1. The summed E-state index contributed by atoms with van der Waals surface area (Å²) in [4.78, 5) is 2.46. The molecule has 7 heteroatoms. The van der Waals surface area contributed by atoms with Gasteiger partial charge in [0.15, 0.2) is 0 Å². The van der Waals surface area contributed by atoms with Gasteiger partial charge in [0.05, 0.1) is 0 Å². The molecule has 0 aliphatic carbocycles. The molecule has 1 N–H and O–H groups in total. The van der Waals surface area contributed by atoms with Gasteiger partial charge in [-0.05, 0) is 31.0 Å². The Bertz CT molecular complexity index is 661. The van der Waals surface area contributed by atoms with Gasteiger partial charge in [0.1, 0.15) is 11.5 Å². The zero-order chi connectivity index (χ0) is 15.7. The van der Waals surface area contributed by atoms with Crippen molar-refractivity contribution in [2.45, 2.75) is 19.9 Å². The summed E-state index contributed by atoms with van der Waals surface area (Å²) >= 11 is 0. The average Bonchev–Trinajstić information content (AvgIpc) is 2.44. The number of benzene rings is 1. The molecule has 1 atom stereocenters. The van der Waals surface area contributed by atoms with Gasteiger partial charge in [0.2, 0.25) is 11.6 Å². The van der Waals surface area contributed by atoms with Crippen molar-refractivity contribution in [3.8, 4) is 0 Å². The molecule has 0 aliphatic rings. The average molecular weight is 302 g/mol. The SMILES string of the molecule is Cc1ccc(C(C)Nc2c(F)c(F)nc(F)c2F)cc1F. The normalized spacial score (nSPS) is 12.3. The highest BCUT2D eigenvalue weighted by Crippen LogP contribution is 2.27. The van der Waals surface area contributed by atoms with Crippen LogP contribution in [0.15, 0.2) is 18.2 Å². The molecule has 2 rings (SSSR count). The molecule has 0 amide bonds. The third kappa shape index (κ3) is 2.96. The summed E-state index contributed by atoms with van der Waals surface area (Å²) in [5.74, 6) is -7.26. The summed E-state index contributed by atoms with van der Waals surface area (Å²) < 4.78 is 66.4. The van der Waals surface area contributed by atoms with Crippen LogP contribution in [-0.4, -0.2) is 4.98 Å². The topological polar surface area (TPSA) is 24.9 Å². The Balaban J connectivity index is 2.35. The van der Waals surface area contributed by atoms with E-state index < -0.39 is 41.1 Å². The minimum Gasteiger partial charge on any atom is -0.373 e. The molecule has 1 aromatic carbocycles. The van der Waals surface area contributed by atoms with Crippen LogP contribution < -0.4 is 5.32 Å². The summed E-state index contributed by atoms with van der Waals surface area (Å²) in [6.45, 7) is 3.03. The largest absolute Gasteiger partial charge is 0.373 e. The number of pyridine rings is 1. The number of halogens is 5. The number of anilines is 1. The molecule has 1 heterocycles. The van der Waals surface area contributed by atoms with E-state index in [0.717, 1.165) is 0 Å². The summed E-state index contributed by atoms with van der Waals surface area (Å²) in [5, 5.41) is 2.29. The van der Waals surface area contributed by atoms with E-state index >= 15 is 0 Å². The van der Waals surface area contributed by atoms with Gasteiger partial charge >= 0.3 is 0 Å². The van der Waals surface area contributed by atoms with Crippen LogP contribution in [0.3, 0.4) is 0 Å². The molecule has 1 aromatic heterocycles. The van der Waals surface area contributed by atoms with Crippen LogP contribution in [0.1, 0.15) is 24.1 Å². The van der Waals surface area contributed by atoms with Crippen LogP contribution in [0.2, 0.25) is 0 Å². The Morgan fingerprint density at radius 1 is 1.00 bits per heavy atom. The van der Waals surface area contributed by atoms with E-state index in [1.54, 1.807) is 13.0 Å². The molecular weight excluding hydrogens is 291 g/mol. The number of aryl methyl sites for hydroxylation is 1. The molecule has 0 radical (unpaired) electrons. The van der Waals surface area contributed by atoms with E-state index in [2.05, 4.69) is 10.3 Å². The van der Waals surface area contributed by atoms with Gasteiger partial charge in [0.25, 0.3) is 11.9 Å². The number of nitrogens with zero attached hydrogens (tertiary/aromatic N) is 1. The van der Waals surface area contributed by atoms with E-state index in [1.165, 1.54) is 19.1 Å². The summed E-state index contributed by atoms with van der Waals surface area (Å²) in [6, 6.07) is 3.44. The minimum absolute atomic E-state index is 0.370. The van der Waals surface area contributed by atoms with Gasteiger partial charge in [-0.2, -0.15) is 22.5 Å². The van der Waals surface area contributed by atoms with Crippen molar-refractivity contribution < 1.29 is 22.0 Å². The molecule has 2 nitrogen and oxygen atoms in total. The lowest BCUT2D eigenvalue weighted by molar-refractivity contribution is 0.410. The number of rotatable bonds is 3. The van der Waals surface area contributed by atoms with Crippen molar-refractivity contribution >= 4 is 5.69 Å². The smallest absolute Gasteiger partial charge is 0.253 e. The Hall–Kier alpha value is -2.18. The highest BCUT2D eigenvalue weighted by Gasteiger charge is 2.22. The maximum Gasteiger partial charge on any atom is 0.253 e. The van der Waals surface area contributed by atoms with Crippen LogP contribution >= 0.6 is 0 Å². The third-order valence-corrected chi connectivity index (χ3v) is 3.05. The second-order valence-electron chi connectivity index (χ2n) is 4.57. The van der Waals surface area contributed by atoms with Gasteiger partial charge in [0, 0.05) is 6.04 Å². The van der Waals surface area contributed by atoms with Crippen molar-refractivity contribution in [3.05, 3.63) is 58.7 Å². The molecule has 0 fully saturated rings. The van der Waals surface area contributed by atoms with Crippen molar-refractivity contribution in [2.75, 3.05) is 5.32 Å². The Labute approximate surface area is 117 Å². The number of hydrogen-bond acceptors (Lipinski definition) is 2. The maximum absolute atomic E-state index is 13.5. The second-order valence-corrected chi connectivity index (χ2v) is 4.57. The second kappa shape index (κ2) is 5.67. The lowest BCUT2D eigenvalue weighted by Crippen LogP contribution is -2.13. The van der Waals surface area contributed by atoms with Gasteiger partial charge < -0.3 is 5.32 Å². The molecular formula is C14H11F5N2. The van der Waals surface area contributed by atoms with Crippen molar-refractivity contribution in [2.24, 2.45) is 0 Å². The van der Waals surface area contributed by atoms with E-state index in [9.17, 15) is 22.0 Å². The molecule has 0 spiro atoms. The predicted octanol–water partition coefficient (Wildman–Crippen LogP) is 4.26. The molecule has 0 saturated heterocycles. The Morgan fingerprint density at radius 2 is 1.57 bits per heavy atom. The fourth-order valence-corrected chi connectivity index (χ4v) is 1.79. The van der Waals surface area contributed by atoms with E-state index in [1.807, 2.05) is 0 Å². The summed E-state index contributed by atoms with van der Waals surface area (Å²) in [7, 11) is 0. The van der Waals surface area contributed by atoms with Gasteiger partial charge in [-0.1, -0.05) is 12.1 Å². The summed E-state index contributed by atoms with van der Waals surface area (Å²) in [6.07, 6.45) is 0. The molecule has 112 valence electrons. The minimum atomic E-state index is -1.75. The van der Waals surface area contributed by atoms with E-state index in [-0.39, 0.29) is 0 Å². The Morgan fingerprint density at radius 3 is 2.10 bits per heavy atom. The van der Waals surface area contributed by atoms with Crippen LogP contribution in [0.25, 0.3) is 0 Å². The fourth-order valence-electron chi connectivity index (χ4n) is 1.79. The zero-order valence-corrected chi connectivity index (χ0v) is 11.1. The first-order chi connectivity index (χ1) is 9.81. The first-order valence-electron chi connectivity index (χ1n) is 6.03. The van der Waals surface area contributed by atoms with Crippen molar-refractivity contribution in [3.63, 3.8) is 0 Å². The van der Waals surface area contributed by atoms with Crippen LogP contribution in [0, 0.1) is 36.3 Å². The first kappa shape index (κ1) is 15.2. The van der Waals surface area contributed by atoms with Crippen LogP contribution in [0.5, 0.6) is 0 Å². The number of nitrogens with one attached hydrogen (secondary N) is 1. The number of aromatic nitrogens is 1. The fraction of sp³-hybridized carbons (Fsp3) is 0.214. The highest BCUT2D eigenvalue weighted by molar-refractivity contribution is 5.47. The quantitative estimate of drug-likeness (QED) is 0.677. The molecule has 21 heavy (non-hydrogen) atoms. The molecule has 0 aliphatic heterocycles. The molecule has 2 aromatic rings. The van der Waals surface area contributed by atoms with Gasteiger partial charge in [-0.15, -0.1) is 0 Å². The van der Waals surface area contributed by atoms with E-state index in [4.69, 9.17) is 0 Å². The van der Waals surface area contributed by atoms with Gasteiger partial charge in [-0.3, -0.25) is 0 Å². The van der Waals surface area contributed by atoms with Crippen molar-refractivity contribution in [1.29, 1.82) is 0 Å². The van der Waals surface area contributed by atoms with Gasteiger partial charge in [-0.25, -0.2) is 4.39 Å². The standard InChI is InChI=1S/C14H11F5N2/c1-6-3-4-8(5-9(6)15)7(2)20-12-10(16)13(18)21-14(19)11(12)17/h3-5,7H,1-2H3,(H,20,21). The predicted molar refractivity (Wildman–Crippen MR) is 67.2 cm³/mol. The monoisotopic (exact) mass is 302 g/mol. The van der Waals surface area contributed by atoms with Crippen LogP contribution in [0.4, 0.5) is 27.6 Å². The first-order valence-corrected chi connectivity index (χ1v) is 6.03. The maximum atomic E-state index is 13.5. The molecule has 1 unspecified atom stereocenters.